The van der Waals surface area contributed by atoms with Gasteiger partial charge in [0.2, 0.25) is 0 Å². The van der Waals surface area contributed by atoms with Crippen molar-refractivity contribution in [1.29, 1.82) is 0 Å². The van der Waals surface area contributed by atoms with E-state index in [1.54, 1.807) is 6.92 Å². The molecule has 0 bridgehead atoms. The van der Waals surface area contributed by atoms with Crippen molar-refractivity contribution in [2.24, 2.45) is 0 Å². The number of aliphatic hydroxyl groups excluding tert-OH is 2. The van der Waals surface area contributed by atoms with E-state index in [1.807, 2.05) is 6.92 Å². The lowest BCUT2D eigenvalue weighted by Crippen LogP contribution is -2.43. The molecule has 0 amide bonds. The van der Waals surface area contributed by atoms with Crippen LogP contribution in [0.15, 0.2) is 0 Å². The van der Waals surface area contributed by atoms with Crippen molar-refractivity contribution in [3.63, 3.8) is 0 Å². The molecular formula is C13H28N2O2. The first-order valence-corrected chi connectivity index (χ1v) is 6.90. The maximum absolute atomic E-state index is 9.53. The van der Waals surface area contributed by atoms with Crippen molar-refractivity contribution < 1.29 is 10.2 Å². The van der Waals surface area contributed by atoms with Crippen molar-refractivity contribution in [2.45, 2.75) is 57.8 Å². The molecule has 1 saturated carbocycles. The summed E-state index contributed by atoms with van der Waals surface area (Å²) in [6.45, 7) is 6.90. The Labute approximate surface area is 105 Å². The molecule has 4 heteroatoms. The Kier molecular flexibility index (Phi) is 7.04. The van der Waals surface area contributed by atoms with Crippen LogP contribution in [0.2, 0.25) is 0 Å². The van der Waals surface area contributed by atoms with Gasteiger partial charge in [0.1, 0.15) is 0 Å². The van der Waals surface area contributed by atoms with Gasteiger partial charge in [-0.15, -0.1) is 0 Å². The molecule has 0 spiro atoms. The second kappa shape index (κ2) is 8.03. The largest absolute Gasteiger partial charge is 0.392 e. The van der Waals surface area contributed by atoms with Gasteiger partial charge < -0.3 is 15.5 Å². The molecule has 3 N–H and O–H groups in total. The van der Waals surface area contributed by atoms with Crippen LogP contribution in [0.1, 0.15) is 39.5 Å². The SMILES string of the molecule is CC(O)CNCCN(CC(C)O)C1CCCC1. The molecule has 0 heterocycles. The van der Waals surface area contributed by atoms with Crippen LogP contribution < -0.4 is 5.32 Å². The predicted molar refractivity (Wildman–Crippen MR) is 70.1 cm³/mol. The Balaban J connectivity index is 2.25. The van der Waals surface area contributed by atoms with Crippen LogP contribution >= 0.6 is 0 Å². The molecule has 0 aromatic heterocycles. The lowest BCUT2D eigenvalue weighted by molar-refractivity contribution is 0.0983. The second-order valence-corrected chi connectivity index (χ2v) is 5.34. The first kappa shape index (κ1) is 14.9. The average molecular weight is 244 g/mol. The van der Waals surface area contributed by atoms with E-state index in [4.69, 9.17) is 5.11 Å². The van der Waals surface area contributed by atoms with Crippen molar-refractivity contribution in [1.82, 2.24) is 10.2 Å². The van der Waals surface area contributed by atoms with E-state index in [9.17, 15) is 5.11 Å². The minimum Gasteiger partial charge on any atom is -0.392 e. The monoisotopic (exact) mass is 244 g/mol. The Morgan fingerprint density at radius 2 is 1.82 bits per heavy atom. The van der Waals surface area contributed by atoms with E-state index < -0.39 is 0 Å². The van der Waals surface area contributed by atoms with E-state index in [2.05, 4.69) is 10.2 Å². The summed E-state index contributed by atoms with van der Waals surface area (Å²) in [7, 11) is 0. The fourth-order valence-corrected chi connectivity index (χ4v) is 2.57. The minimum atomic E-state index is -0.285. The van der Waals surface area contributed by atoms with Gasteiger partial charge in [-0.05, 0) is 26.7 Å². The number of aliphatic hydroxyl groups is 2. The topological polar surface area (TPSA) is 55.7 Å². The van der Waals surface area contributed by atoms with Crippen LogP contribution in [-0.4, -0.2) is 59.5 Å². The van der Waals surface area contributed by atoms with Crippen LogP contribution in [0, 0.1) is 0 Å². The summed E-state index contributed by atoms with van der Waals surface area (Å²) < 4.78 is 0. The number of hydrogen-bond donors (Lipinski definition) is 3. The minimum absolute atomic E-state index is 0.257. The standard InChI is InChI=1S/C13H28N2O2/c1-11(16)9-14-7-8-15(10-12(2)17)13-5-3-4-6-13/h11-14,16-17H,3-10H2,1-2H3. The molecule has 17 heavy (non-hydrogen) atoms. The molecule has 1 aliphatic carbocycles. The molecule has 0 radical (unpaired) electrons. The van der Waals surface area contributed by atoms with Gasteiger partial charge in [-0.25, -0.2) is 0 Å². The fraction of sp³-hybridized carbons (Fsp3) is 1.00. The average Bonchev–Trinajstić information content (AvgIpc) is 2.74. The number of nitrogens with one attached hydrogen (secondary N) is 1. The first-order valence-electron chi connectivity index (χ1n) is 6.90. The summed E-state index contributed by atoms with van der Waals surface area (Å²) in [5, 5.41) is 21.9. The lowest BCUT2D eigenvalue weighted by Gasteiger charge is -2.30. The van der Waals surface area contributed by atoms with Gasteiger partial charge in [0, 0.05) is 32.2 Å². The quantitative estimate of drug-likeness (QED) is 0.547. The third-order valence-electron chi connectivity index (χ3n) is 3.36. The summed E-state index contributed by atoms with van der Waals surface area (Å²) in [6.07, 6.45) is 4.63. The summed E-state index contributed by atoms with van der Waals surface area (Å²) in [5.41, 5.74) is 0. The zero-order chi connectivity index (χ0) is 12.7. The number of hydrogen-bond acceptors (Lipinski definition) is 4. The molecule has 2 unspecified atom stereocenters. The van der Waals surface area contributed by atoms with Gasteiger partial charge in [0.25, 0.3) is 0 Å². The van der Waals surface area contributed by atoms with E-state index in [1.165, 1.54) is 25.7 Å². The highest BCUT2D eigenvalue weighted by Gasteiger charge is 2.22. The molecule has 2 atom stereocenters. The van der Waals surface area contributed by atoms with E-state index >= 15 is 0 Å². The Hall–Kier alpha value is -0.160. The maximum atomic E-state index is 9.53. The normalized spacial score (nSPS) is 21.0. The molecule has 0 aliphatic heterocycles. The summed E-state index contributed by atoms with van der Waals surface area (Å²) in [5.74, 6) is 0. The second-order valence-electron chi connectivity index (χ2n) is 5.34. The first-order chi connectivity index (χ1) is 8.09. The summed E-state index contributed by atoms with van der Waals surface area (Å²) in [4.78, 5) is 2.40. The number of nitrogens with zero attached hydrogens (tertiary/aromatic N) is 1. The van der Waals surface area contributed by atoms with Gasteiger partial charge in [-0.3, -0.25) is 4.90 Å². The van der Waals surface area contributed by atoms with Crippen molar-refractivity contribution >= 4 is 0 Å². The van der Waals surface area contributed by atoms with E-state index in [0.29, 0.717) is 12.6 Å². The third-order valence-corrected chi connectivity index (χ3v) is 3.36. The molecule has 0 saturated heterocycles. The van der Waals surface area contributed by atoms with Gasteiger partial charge in [-0.1, -0.05) is 12.8 Å². The van der Waals surface area contributed by atoms with Crippen LogP contribution in [0.4, 0.5) is 0 Å². The zero-order valence-electron chi connectivity index (χ0n) is 11.2. The third kappa shape index (κ3) is 6.36. The Morgan fingerprint density at radius 3 is 2.35 bits per heavy atom. The lowest BCUT2D eigenvalue weighted by atomic mass is 10.2. The van der Waals surface area contributed by atoms with Crippen LogP contribution in [-0.2, 0) is 0 Å². The molecule has 0 aromatic carbocycles. The molecule has 102 valence electrons. The number of rotatable bonds is 8. The molecule has 4 nitrogen and oxygen atoms in total. The van der Waals surface area contributed by atoms with Crippen molar-refractivity contribution in [2.75, 3.05) is 26.2 Å². The maximum Gasteiger partial charge on any atom is 0.0639 e. The van der Waals surface area contributed by atoms with Crippen LogP contribution in [0.5, 0.6) is 0 Å². The highest BCUT2D eigenvalue weighted by atomic mass is 16.3. The molecule has 1 rings (SSSR count). The van der Waals surface area contributed by atoms with Gasteiger partial charge in [-0.2, -0.15) is 0 Å². The fourth-order valence-electron chi connectivity index (χ4n) is 2.57. The van der Waals surface area contributed by atoms with Crippen molar-refractivity contribution in [3.8, 4) is 0 Å². The zero-order valence-corrected chi connectivity index (χ0v) is 11.2. The summed E-state index contributed by atoms with van der Waals surface area (Å²) >= 11 is 0. The van der Waals surface area contributed by atoms with E-state index in [-0.39, 0.29) is 12.2 Å². The Bertz CT molecular complexity index is 192. The smallest absolute Gasteiger partial charge is 0.0639 e. The predicted octanol–water partition coefficient (Wildman–Crippen LogP) is 0.582. The van der Waals surface area contributed by atoms with Crippen LogP contribution in [0.25, 0.3) is 0 Å². The molecule has 1 aliphatic rings. The molecular weight excluding hydrogens is 216 g/mol. The highest BCUT2D eigenvalue weighted by Crippen LogP contribution is 2.23. The van der Waals surface area contributed by atoms with Gasteiger partial charge in [0.05, 0.1) is 12.2 Å². The van der Waals surface area contributed by atoms with Crippen molar-refractivity contribution in [3.05, 3.63) is 0 Å². The molecule has 1 fully saturated rings. The Morgan fingerprint density at radius 1 is 1.18 bits per heavy atom. The highest BCUT2D eigenvalue weighted by molar-refractivity contribution is 4.79. The van der Waals surface area contributed by atoms with Gasteiger partial charge >= 0.3 is 0 Å². The summed E-state index contributed by atoms with van der Waals surface area (Å²) in [6, 6.07) is 0.651. The van der Waals surface area contributed by atoms with Crippen LogP contribution in [0.3, 0.4) is 0 Å². The molecule has 0 aromatic rings. The van der Waals surface area contributed by atoms with E-state index in [0.717, 1.165) is 19.6 Å². The van der Waals surface area contributed by atoms with Gasteiger partial charge in [0.15, 0.2) is 0 Å².